The maximum Gasteiger partial charge on any atom is 0.265 e. The summed E-state index contributed by atoms with van der Waals surface area (Å²) in [5.74, 6) is 1.01. The molecule has 0 bridgehead atoms. The normalized spacial score (nSPS) is 13.5. The fraction of sp³-hybridized carbons (Fsp3) is 0.316. The van der Waals surface area contributed by atoms with Crippen molar-refractivity contribution in [3.8, 4) is 18.1 Å². The van der Waals surface area contributed by atoms with Crippen LogP contribution in [0.2, 0.25) is 0 Å². The van der Waals surface area contributed by atoms with Crippen molar-refractivity contribution >= 4 is 29.0 Å². The third-order valence-electron chi connectivity index (χ3n) is 4.18. The Morgan fingerprint density at radius 1 is 1.46 bits per heavy atom. The number of hydrogen-bond donors (Lipinski definition) is 2. The number of nitrogen functional groups attached to an aromatic ring is 1. The summed E-state index contributed by atoms with van der Waals surface area (Å²) >= 11 is 0. The minimum atomic E-state index is -0.719. The number of ether oxygens (including phenoxy) is 1. The largest absolute Gasteiger partial charge is 0.481 e. The maximum absolute atomic E-state index is 14.5. The summed E-state index contributed by atoms with van der Waals surface area (Å²) in [4.78, 5) is 25.9. The third kappa shape index (κ3) is 3.36. The second-order valence-electron chi connectivity index (χ2n) is 7.25. The lowest BCUT2D eigenvalue weighted by Gasteiger charge is -2.28. The highest BCUT2D eigenvalue weighted by atomic mass is 19.1. The molecule has 0 unspecified atom stereocenters. The van der Waals surface area contributed by atoms with Gasteiger partial charge in [0.1, 0.15) is 17.1 Å². The van der Waals surface area contributed by atoms with Crippen LogP contribution in [0.1, 0.15) is 31.1 Å². The van der Waals surface area contributed by atoms with Crippen LogP contribution in [0.5, 0.6) is 5.75 Å². The number of carbonyl (C=O) groups is 2. The zero-order valence-electron chi connectivity index (χ0n) is 15.7. The smallest absolute Gasteiger partial charge is 0.265 e. The predicted octanol–water partition coefficient (Wildman–Crippen LogP) is 1.97. The van der Waals surface area contributed by atoms with E-state index in [4.69, 9.17) is 16.9 Å². The maximum atomic E-state index is 14.5. The van der Waals surface area contributed by atoms with Gasteiger partial charge in [0, 0.05) is 6.07 Å². The Balaban J connectivity index is 1.93. The summed E-state index contributed by atoms with van der Waals surface area (Å²) < 4.78 is 21.2. The molecule has 2 heterocycles. The van der Waals surface area contributed by atoms with Crippen LogP contribution in [-0.4, -0.2) is 34.7 Å². The van der Waals surface area contributed by atoms with Crippen LogP contribution in [0.15, 0.2) is 18.3 Å². The van der Waals surface area contributed by atoms with Gasteiger partial charge >= 0.3 is 0 Å². The molecule has 0 atom stereocenters. The van der Waals surface area contributed by atoms with E-state index in [2.05, 4.69) is 16.3 Å². The van der Waals surface area contributed by atoms with E-state index < -0.39 is 17.3 Å². The predicted molar refractivity (Wildman–Crippen MR) is 103 cm³/mol. The number of aromatic nitrogens is 2. The number of carbonyl (C=O) groups excluding carboxylic acids is 2. The van der Waals surface area contributed by atoms with Crippen LogP contribution >= 0.6 is 0 Å². The van der Waals surface area contributed by atoms with E-state index in [1.807, 2.05) is 20.8 Å². The van der Waals surface area contributed by atoms with Gasteiger partial charge < -0.3 is 15.8 Å². The lowest BCUT2D eigenvalue weighted by molar-refractivity contribution is -0.121. The molecule has 2 amide bonds. The highest BCUT2D eigenvalue weighted by Crippen LogP contribution is 2.36. The van der Waals surface area contributed by atoms with E-state index in [1.54, 1.807) is 0 Å². The highest BCUT2D eigenvalue weighted by molar-refractivity contribution is 6.08. The molecule has 3 rings (SSSR count). The van der Waals surface area contributed by atoms with Crippen molar-refractivity contribution in [2.24, 2.45) is 0 Å². The second-order valence-corrected chi connectivity index (χ2v) is 7.25. The summed E-state index contributed by atoms with van der Waals surface area (Å²) in [5.41, 5.74) is 5.86. The van der Waals surface area contributed by atoms with Gasteiger partial charge in [0.2, 0.25) is 0 Å². The first-order valence-electron chi connectivity index (χ1n) is 8.49. The third-order valence-corrected chi connectivity index (χ3v) is 4.18. The minimum absolute atomic E-state index is 0.000483. The molecule has 8 nitrogen and oxygen atoms in total. The SMILES string of the molecule is C#CCN1C(=O)COc2cc(F)c(NC(=O)c3cnn(C(C)(C)C)c3N)cc21. The molecule has 2 aromatic rings. The fourth-order valence-electron chi connectivity index (χ4n) is 2.84. The standard InChI is InChI=1S/C19H20FN5O3/c1-5-6-24-14-8-13(12(20)7-15(14)28-10-16(24)26)23-18(27)11-9-22-25(17(11)21)19(2,3)4/h1,7-9H,6,10,21H2,2-4H3,(H,23,27). The molecule has 1 aromatic carbocycles. The number of rotatable bonds is 3. The Morgan fingerprint density at radius 3 is 2.79 bits per heavy atom. The molecule has 3 N–H and O–H groups in total. The lowest BCUT2D eigenvalue weighted by atomic mass is 10.1. The molecule has 0 aliphatic carbocycles. The molecule has 0 fully saturated rings. The zero-order valence-corrected chi connectivity index (χ0v) is 15.7. The van der Waals surface area contributed by atoms with Gasteiger partial charge in [0.25, 0.3) is 11.8 Å². The number of halogens is 1. The minimum Gasteiger partial charge on any atom is -0.481 e. The van der Waals surface area contributed by atoms with Crippen molar-refractivity contribution in [1.29, 1.82) is 0 Å². The molecule has 0 saturated heterocycles. The second kappa shape index (κ2) is 6.88. The molecular formula is C19H20FN5O3. The first kappa shape index (κ1) is 19.2. The van der Waals surface area contributed by atoms with Gasteiger partial charge in [-0.05, 0) is 26.8 Å². The van der Waals surface area contributed by atoms with E-state index >= 15 is 0 Å². The monoisotopic (exact) mass is 385 g/mol. The summed E-state index contributed by atoms with van der Waals surface area (Å²) in [6.45, 7) is 5.43. The molecule has 0 saturated carbocycles. The quantitative estimate of drug-likeness (QED) is 0.787. The van der Waals surface area contributed by atoms with Gasteiger partial charge in [-0.15, -0.1) is 6.42 Å². The molecule has 9 heteroatoms. The molecule has 0 spiro atoms. The first-order chi connectivity index (χ1) is 13.1. The van der Waals surface area contributed by atoms with Crippen LogP contribution in [-0.2, 0) is 10.3 Å². The Bertz CT molecular complexity index is 1000. The number of nitrogens with two attached hydrogens (primary N) is 1. The number of anilines is 3. The molecular weight excluding hydrogens is 365 g/mol. The summed E-state index contributed by atoms with van der Waals surface area (Å²) in [7, 11) is 0. The summed E-state index contributed by atoms with van der Waals surface area (Å²) in [6.07, 6.45) is 6.63. The van der Waals surface area contributed by atoms with Gasteiger partial charge in [0.05, 0.1) is 29.7 Å². The van der Waals surface area contributed by atoms with Gasteiger partial charge in [-0.25, -0.2) is 9.07 Å². The fourth-order valence-corrected chi connectivity index (χ4v) is 2.84. The highest BCUT2D eigenvalue weighted by Gasteiger charge is 2.28. The van der Waals surface area contributed by atoms with Crippen LogP contribution < -0.4 is 20.7 Å². The van der Waals surface area contributed by atoms with Crippen molar-refractivity contribution in [2.45, 2.75) is 26.3 Å². The average Bonchev–Trinajstić information content (AvgIpc) is 3.00. The summed E-state index contributed by atoms with van der Waals surface area (Å²) in [6, 6.07) is 2.41. The van der Waals surface area contributed by atoms with Gasteiger partial charge in [-0.2, -0.15) is 5.10 Å². The molecule has 146 valence electrons. The van der Waals surface area contributed by atoms with Crippen molar-refractivity contribution < 1.29 is 18.7 Å². The number of nitrogens with zero attached hydrogens (tertiary/aromatic N) is 3. The average molecular weight is 385 g/mol. The Morgan fingerprint density at radius 2 is 2.18 bits per heavy atom. The molecule has 28 heavy (non-hydrogen) atoms. The Labute approximate surface area is 161 Å². The molecule has 0 radical (unpaired) electrons. The van der Waals surface area contributed by atoms with Crippen LogP contribution in [0.3, 0.4) is 0 Å². The van der Waals surface area contributed by atoms with Crippen LogP contribution in [0.25, 0.3) is 0 Å². The molecule has 1 aliphatic rings. The van der Waals surface area contributed by atoms with Crippen molar-refractivity contribution in [3.63, 3.8) is 0 Å². The number of hydrogen-bond acceptors (Lipinski definition) is 5. The molecule has 1 aromatic heterocycles. The van der Waals surface area contributed by atoms with Crippen molar-refractivity contribution in [1.82, 2.24) is 9.78 Å². The van der Waals surface area contributed by atoms with Crippen LogP contribution in [0.4, 0.5) is 21.6 Å². The van der Waals surface area contributed by atoms with E-state index in [9.17, 15) is 14.0 Å². The van der Waals surface area contributed by atoms with Crippen molar-refractivity contribution in [3.05, 3.63) is 29.7 Å². The number of benzene rings is 1. The number of amides is 2. The van der Waals surface area contributed by atoms with Gasteiger partial charge in [-0.1, -0.05) is 5.92 Å². The molecule has 1 aliphatic heterocycles. The van der Waals surface area contributed by atoms with Crippen molar-refractivity contribution in [2.75, 3.05) is 29.1 Å². The Kier molecular flexibility index (Phi) is 4.73. The van der Waals surface area contributed by atoms with Crippen LogP contribution in [0, 0.1) is 18.2 Å². The number of terminal acetylenes is 1. The number of nitrogens with one attached hydrogen (secondary N) is 1. The van der Waals surface area contributed by atoms with E-state index in [1.165, 1.54) is 21.8 Å². The first-order valence-corrected chi connectivity index (χ1v) is 8.49. The van der Waals surface area contributed by atoms with E-state index in [-0.39, 0.29) is 47.6 Å². The van der Waals surface area contributed by atoms with E-state index in [0.717, 1.165) is 6.07 Å². The lowest BCUT2D eigenvalue weighted by Crippen LogP contribution is -2.39. The zero-order chi connectivity index (χ0) is 20.6. The van der Waals surface area contributed by atoms with Gasteiger partial charge in [-0.3, -0.25) is 14.5 Å². The Hall–Kier alpha value is -3.54. The summed E-state index contributed by atoms with van der Waals surface area (Å²) in [5, 5.41) is 6.60. The van der Waals surface area contributed by atoms with Gasteiger partial charge in [0.15, 0.2) is 12.4 Å². The number of fused-ring (bicyclic) bond motifs is 1. The van der Waals surface area contributed by atoms with E-state index in [0.29, 0.717) is 0 Å². The topological polar surface area (TPSA) is 102 Å².